The third-order valence-corrected chi connectivity index (χ3v) is 2.53. The van der Waals surface area contributed by atoms with Crippen LogP contribution >= 0.6 is 0 Å². The van der Waals surface area contributed by atoms with E-state index >= 15 is 0 Å². The Morgan fingerprint density at radius 3 is 3.00 bits per heavy atom. The number of hydrogen-bond donors (Lipinski definition) is 1. The van der Waals surface area contributed by atoms with E-state index in [0.29, 0.717) is 5.82 Å². The van der Waals surface area contributed by atoms with Gasteiger partial charge in [0.2, 0.25) is 0 Å². The molecule has 2 rings (SSSR count). The Labute approximate surface area is 104 Å². The number of hydroxylamine groups is 2. The molecule has 1 heterocycles. The Bertz CT molecular complexity index is 565. The summed E-state index contributed by atoms with van der Waals surface area (Å²) in [5.74, 6) is 0.579. The molecular formula is C12H14N3O3-. The van der Waals surface area contributed by atoms with Gasteiger partial charge in [0, 0.05) is 6.54 Å². The summed E-state index contributed by atoms with van der Waals surface area (Å²) < 4.78 is 0. The first-order valence-electron chi connectivity index (χ1n) is 5.67. The molecule has 2 aromatic rings. The van der Waals surface area contributed by atoms with Gasteiger partial charge in [-0.2, -0.15) is 0 Å². The lowest BCUT2D eigenvalue weighted by Gasteiger charge is -2.21. The molecule has 0 aliphatic rings. The van der Waals surface area contributed by atoms with E-state index in [9.17, 15) is 9.90 Å². The molecule has 18 heavy (non-hydrogen) atoms. The van der Waals surface area contributed by atoms with Crippen molar-refractivity contribution in [3.05, 3.63) is 29.6 Å². The molecule has 6 heteroatoms. The molecule has 0 saturated heterocycles. The van der Waals surface area contributed by atoms with Crippen molar-refractivity contribution in [2.45, 2.75) is 20.5 Å². The minimum absolute atomic E-state index is 0.0650. The number of benzene rings is 1. The normalized spacial score (nSPS) is 10.8. The second kappa shape index (κ2) is 5.05. The number of fused-ring (bicyclic) bond motifs is 1. The first-order valence-corrected chi connectivity index (χ1v) is 5.67. The lowest BCUT2D eigenvalue weighted by molar-refractivity contribution is -0.304. The number of rotatable bonds is 4. The maximum atomic E-state index is 10.6. The lowest BCUT2D eigenvalue weighted by Crippen LogP contribution is -2.40. The number of imidazole rings is 1. The summed E-state index contributed by atoms with van der Waals surface area (Å²) >= 11 is 0. The minimum atomic E-state index is -1.36. The van der Waals surface area contributed by atoms with Crippen LogP contribution in [-0.4, -0.2) is 27.7 Å². The molecule has 0 radical (unpaired) electrons. The van der Waals surface area contributed by atoms with Gasteiger partial charge in [0.05, 0.1) is 11.0 Å². The number of aryl methyl sites for hydroxylation is 1. The molecule has 0 saturated carbocycles. The van der Waals surface area contributed by atoms with Crippen LogP contribution in [0.5, 0.6) is 0 Å². The van der Waals surface area contributed by atoms with E-state index < -0.39 is 6.09 Å². The highest BCUT2D eigenvalue weighted by Gasteiger charge is 2.06. The molecule has 0 bridgehead atoms. The van der Waals surface area contributed by atoms with Gasteiger partial charge in [-0.25, -0.2) is 10.0 Å². The zero-order chi connectivity index (χ0) is 13.1. The number of carboxylic acid groups (broad SMARTS) is 1. The van der Waals surface area contributed by atoms with Crippen LogP contribution in [0.2, 0.25) is 0 Å². The van der Waals surface area contributed by atoms with Gasteiger partial charge in [-0.15, -0.1) is 0 Å². The summed E-state index contributed by atoms with van der Waals surface area (Å²) in [5, 5.41) is 11.4. The Balaban J connectivity index is 2.10. The first-order chi connectivity index (χ1) is 8.60. The van der Waals surface area contributed by atoms with Crippen molar-refractivity contribution in [2.75, 3.05) is 6.54 Å². The van der Waals surface area contributed by atoms with Crippen molar-refractivity contribution < 1.29 is 14.7 Å². The Morgan fingerprint density at radius 1 is 1.56 bits per heavy atom. The maximum Gasteiger partial charge on any atom is 0.162 e. The molecule has 1 aromatic heterocycles. The predicted octanol–water partition coefficient (Wildman–Crippen LogP) is 0.968. The second-order valence-electron chi connectivity index (χ2n) is 3.94. The lowest BCUT2D eigenvalue weighted by atomic mass is 10.2. The molecule has 0 atom stereocenters. The topological polar surface area (TPSA) is 81.3 Å². The largest absolute Gasteiger partial charge is 0.528 e. The number of H-pyrrole nitrogens is 1. The molecule has 0 aliphatic carbocycles. The zero-order valence-electron chi connectivity index (χ0n) is 10.3. The van der Waals surface area contributed by atoms with E-state index in [1.807, 2.05) is 25.1 Å². The van der Waals surface area contributed by atoms with Crippen molar-refractivity contribution in [1.29, 1.82) is 0 Å². The Hall–Kier alpha value is -2.08. The SMILES string of the molecule is CCN(OCc1nc2ccc(C)cc2[nH]1)C(=O)[O-]. The van der Waals surface area contributed by atoms with Crippen LogP contribution in [0, 0.1) is 6.92 Å². The predicted molar refractivity (Wildman–Crippen MR) is 63.4 cm³/mol. The third-order valence-electron chi connectivity index (χ3n) is 2.53. The summed E-state index contributed by atoms with van der Waals surface area (Å²) in [5.41, 5.74) is 2.87. The average molecular weight is 248 g/mol. The van der Waals surface area contributed by atoms with Crippen LogP contribution < -0.4 is 5.11 Å². The van der Waals surface area contributed by atoms with Crippen LogP contribution in [0.1, 0.15) is 18.3 Å². The van der Waals surface area contributed by atoms with Crippen LogP contribution in [-0.2, 0) is 11.4 Å². The Morgan fingerprint density at radius 2 is 2.33 bits per heavy atom. The highest BCUT2D eigenvalue weighted by molar-refractivity contribution is 5.75. The number of carbonyl (C=O) groups excluding carboxylic acids is 1. The number of amides is 1. The number of nitrogens with one attached hydrogen (secondary N) is 1. The highest BCUT2D eigenvalue weighted by atomic mass is 16.7. The standard InChI is InChI=1S/C12H15N3O3/c1-3-15(12(16)17)18-7-11-13-9-5-4-8(2)6-10(9)14-11/h4-6H,3,7H2,1-2H3,(H,13,14)(H,16,17)/p-1. The number of aromatic nitrogens is 2. The van der Waals surface area contributed by atoms with Gasteiger partial charge in [-0.05, 0) is 31.5 Å². The van der Waals surface area contributed by atoms with Gasteiger partial charge in [-0.3, -0.25) is 4.84 Å². The van der Waals surface area contributed by atoms with Crippen molar-refractivity contribution in [3.8, 4) is 0 Å². The first kappa shape index (κ1) is 12.4. The van der Waals surface area contributed by atoms with E-state index in [1.165, 1.54) is 0 Å². The van der Waals surface area contributed by atoms with E-state index in [-0.39, 0.29) is 13.2 Å². The molecule has 0 spiro atoms. The van der Waals surface area contributed by atoms with Gasteiger partial charge < -0.3 is 14.9 Å². The molecule has 6 nitrogen and oxygen atoms in total. The van der Waals surface area contributed by atoms with Gasteiger partial charge in [0.25, 0.3) is 0 Å². The fraction of sp³-hybridized carbons (Fsp3) is 0.333. The molecule has 1 amide bonds. The van der Waals surface area contributed by atoms with Crippen molar-refractivity contribution in [1.82, 2.24) is 15.0 Å². The summed E-state index contributed by atoms with van der Waals surface area (Å²) in [6.07, 6.45) is -1.36. The zero-order valence-corrected chi connectivity index (χ0v) is 10.3. The van der Waals surface area contributed by atoms with Crippen LogP contribution in [0.3, 0.4) is 0 Å². The van der Waals surface area contributed by atoms with Crippen LogP contribution in [0.25, 0.3) is 11.0 Å². The van der Waals surface area contributed by atoms with E-state index in [2.05, 4.69) is 9.97 Å². The van der Waals surface area contributed by atoms with Crippen molar-refractivity contribution in [2.24, 2.45) is 0 Å². The molecule has 0 unspecified atom stereocenters. The van der Waals surface area contributed by atoms with E-state index in [4.69, 9.17) is 4.84 Å². The number of hydrogen-bond acceptors (Lipinski definition) is 4. The van der Waals surface area contributed by atoms with Gasteiger partial charge in [-0.1, -0.05) is 6.07 Å². The number of carbonyl (C=O) groups is 1. The minimum Gasteiger partial charge on any atom is -0.528 e. The Kier molecular flexibility index (Phi) is 3.47. The van der Waals surface area contributed by atoms with Crippen LogP contribution in [0.4, 0.5) is 4.79 Å². The molecule has 0 aliphatic heterocycles. The summed E-state index contributed by atoms with van der Waals surface area (Å²) in [6.45, 7) is 3.93. The quantitative estimate of drug-likeness (QED) is 0.817. The average Bonchev–Trinajstić information content (AvgIpc) is 2.71. The van der Waals surface area contributed by atoms with E-state index in [0.717, 1.165) is 21.7 Å². The van der Waals surface area contributed by atoms with Gasteiger partial charge >= 0.3 is 0 Å². The molecule has 0 fully saturated rings. The van der Waals surface area contributed by atoms with Crippen molar-refractivity contribution in [3.63, 3.8) is 0 Å². The van der Waals surface area contributed by atoms with Gasteiger partial charge in [0.1, 0.15) is 12.4 Å². The highest BCUT2D eigenvalue weighted by Crippen LogP contribution is 2.13. The summed E-state index contributed by atoms with van der Waals surface area (Å²) in [6, 6.07) is 5.84. The smallest absolute Gasteiger partial charge is 0.162 e. The number of nitrogens with zero attached hydrogens (tertiary/aromatic N) is 2. The fourth-order valence-electron chi connectivity index (χ4n) is 1.66. The molecule has 1 N–H and O–H groups in total. The molecule has 96 valence electrons. The number of aromatic amines is 1. The van der Waals surface area contributed by atoms with E-state index in [1.54, 1.807) is 6.92 Å². The second-order valence-corrected chi connectivity index (χ2v) is 3.94. The maximum absolute atomic E-state index is 10.6. The molecule has 1 aromatic carbocycles. The van der Waals surface area contributed by atoms with Crippen molar-refractivity contribution >= 4 is 17.1 Å². The third kappa shape index (κ3) is 2.60. The molecular weight excluding hydrogens is 234 g/mol. The fourth-order valence-corrected chi connectivity index (χ4v) is 1.66. The monoisotopic (exact) mass is 248 g/mol. The van der Waals surface area contributed by atoms with Crippen LogP contribution in [0.15, 0.2) is 18.2 Å². The summed E-state index contributed by atoms with van der Waals surface area (Å²) in [4.78, 5) is 23.1. The van der Waals surface area contributed by atoms with Gasteiger partial charge in [0.15, 0.2) is 6.09 Å². The summed E-state index contributed by atoms with van der Waals surface area (Å²) in [7, 11) is 0.